The zero-order chi connectivity index (χ0) is 24.1. The first kappa shape index (κ1) is 24.0. The monoisotopic (exact) mass is 454 g/mol. The van der Waals surface area contributed by atoms with Crippen molar-refractivity contribution in [3.63, 3.8) is 0 Å². The Hall–Kier alpha value is -3.68. The van der Waals surface area contributed by atoms with Crippen LogP contribution in [0.3, 0.4) is 0 Å². The molecule has 2 aromatic heterocycles. The van der Waals surface area contributed by atoms with Gasteiger partial charge < -0.3 is 4.90 Å². The molecule has 2 aromatic carbocycles. The number of benzene rings is 2. The van der Waals surface area contributed by atoms with E-state index in [0.717, 1.165) is 11.6 Å². The van der Waals surface area contributed by atoms with Crippen LogP contribution in [-0.2, 0) is 13.6 Å². The SMILES string of the molecule is CC.CN(Cc1cccc(C(F)F)c1F)c1ncnc2c1cc(-c1ccccc1)c(=O)n2C. The summed E-state index contributed by atoms with van der Waals surface area (Å²) in [6, 6.07) is 14.9. The summed E-state index contributed by atoms with van der Waals surface area (Å²) in [7, 11) is 3.31. The van der Waals surface area contributed by atoms with Gasteiger partial charge in [0.05, 0.1) is 10.9 Å². The largest absolute Gasteiger partial charge is 0.355 e. The summed E-state index contributed by atoms with van der Waals surface area (Å²) in [5.41, 5.74) is 0.932. The topological polar surface area (TPSA) is 51.0 Å². The summed E-state index contributed by atoms with van der Waals surface area (Å²) >= 11 is 0. The molecule has 4 aromatic rings. The molecule has 0 aliphatic heterocycles. The van der Waals surface area contributed by atoms with Gasteiger partial charge in [-0.05, 0) is 11.6 Å². The molecule has 0 aliphatic carbocycles. The summed E-state index contributed by atoms with van der Waals surface area (Å²) in [4.78, 5) is 23.1. The van der Waals surface area contributed by atoms with E-state index in [0.29, 0.717) is 22.4 Å². The highest BCUT2D eigenvalue weighted by Crippen LogP contribution is 2.28. The summed E-state index contributed by atoms with van der Waals surface area (Å²) in [6.45, 7) is 4.02. The van der Waals surface area contributed by atoms with Crippen LogP contribution in [0, 0.1) is 5.82 Å². The molecule has 5 nitrogen and oxygen atoms in total. The molecular weight excluding hydrogens is 429 g/mol. The maximum atomic E-state index is 14.5. The number of rotatable bonds is 5. The van der Waals surface area contributed by atoms with Crippen molar-refractivity contribution in [3.05, 3.63) is 88.2 Å². The lowest BCUT2D eigenvalue weighted by Crippen LogP contribution is -2.23. The minimum absolute atomic E-state index is 0.0159. The molecule has 0 N–H and O–H groups in total. The number of hydrogen-bond acceptors (Lipinski definition) is 4. The van der Waals surface area contributed by atoms with Crippen LogP contribution < -0.4 is 10.5 Å². The Bertz CT molecular complexity index is 1310. The fraction of sp³-hybridized carbons (Fsp3) is 0.240. The highest BCUT2D eigenvalue weighted by atomic mass is 19.3. The van der Waals surface area contributed by atoms with Gasteiger partial charge in [0, 0.05) is 31.8 Å². The smallest absolute Gasteiger partial charge is 0.266 e. The van der Waals surface area contributed by atoms with Crippen LogP contribution in [-0.4, -0.2) is 21.6 Å². The van der Waals surface area contributed by atoms with Crippen molar-refractivity contribution in [2.24, 2.45) is 7.05 Å². The molecule has 0 bridgehead atoms. The highest BCUT2D eigenvalue weighted by Gasteiger charge is 2.19. The number of fused-ring (bicyclic) bond motifs is 1. The van der Waals surface area contributed by atoms with Crippen LogP contribution in [0.2, 0.25) is 0 Å². The van der Waals surface area contributed by atoms with E-state index in [1.165, 1.54) is 23.0 Å². The lowest BCUT2D eigenvalue weighted by Gasteiger charge is -2.21. The number of aryl methyl sites for hydroxylation is 1. The van der Waals surface area contributed by atoms with Crippen LogP contribution in [0.25, 0.3) is 22.2 Å². The van der Waals surface area contributed by atoms with Gasteiger partial charge in [-0.1, -0.05) is 62.4 Å². The third-order valence-corrected chi connectivity index (χ3v) is 5.18. The second-order valence-electron chi connectivity index (χ2n) is 7.20. The summed E-state index contributed by atoms with van der Waals surface area (Å²) < 4.78 is 42.1. The highest BCUT2D eigenvalue weighted by molar-refractivity contribution is 5.90. The molecule has 172 valence electrons. The Morgan fingerprint density at radius 1 is 1.03 bits per heavy atom. The number of pyridine rings is 1. The first-order valence-corrected chi connectivity index (χ1v) is 10.5. The van der Waals surface area contributed by atoms with Crippen molar-refractivity contribution in [1.29, 1.82) is 0 Å². The number of halogens is 3. The van der Waals surface area contributed by atoms with E-state index < -0.39 is 17.8 Å². The van der Waals surface area contributed by atoms with Gasteiger partial charge in [-0.25, -0.2) is 23.1 Å². The molecule has 33 heavy (non-hydrogen) atoms. The Morgan fingerprint density at radius 3 is 2.39 bits per heavy atom. The van der Waals surface area contributed by atoms with E-state index >= 15 is 0 Å². The average Bonchev–Trinajstić information content (AvgIpc) is 2.84. The minimum atomic E-state index is -2.90. The normalized spacial score (nSPS) is 10.8. The Morgan fingerprint density at radius 2 is 1.73 bits per heavy atom. The molecular formula is C25H25F3N4O. The molecule has 0 spiro atoms. The van der Waals surface area contributed by atoms with Crippen LogP contribution >= 0.6 is 0 Å². The first-order chi connectivity index (χ1) is 15.9. The predicted octanol–water partition coefficient (Wildman–Crippen LogP) is 5.73. The minimum Gasteiger partial charge on any atom is -0.355 e. The van der Waals surface area contributed by atoms with Crippen LogP contribution in [0.4, 0.5) is 19.0 Å². The van der Waals surface area contributed by atoms with Crippen LogP contribution in [0.15, 0.2) is 65.7 Å². The van der Waals surface area contributed by atoms with E-state index in [9.17, 15) is 18.0 Å². The third-order valence-electron chi connectivity index (χ3n) is 5.18. The number of hydrogen-bond donors (Lipinski definition) is 0. The van der Waals surface area contributed by atoms with Crippen molar-refractivity contribution in [2.75, 3.05) is 11.9 Å². The zero-order valence-corrected chi connectivity index (χ0v) is 18.9. The molecule has 0 unspecified atom stereocenters. The summed E-state index contributed by atoms with van der Waals surface area (Å²) in [5, 5.41) is 0.594. The molecule has 0 saturated heterocycles. The number of anilines is 1. The van der Waals surface area contributed by atoms with Crippen molar-refractivity contribution in [2.45, 2.75) is 26.8 Å². The molecule has 4 rings (SSSR count). The molecule has 2 heterocycles. The lowest BCUT2D eigenvalue weighted by molar-refractivity contribution is 0.146. The molecule has 0 aliphatic rings. The van der Waals surface area contributed by atoms with Gasteiger partial charge in [-0.15, -0.1) is 0 Å². The fourth-order valence-electron chi connectivity index (χ4n) is 3.61. The Labute approximate surface area is 190 Å². The van der Waals surface area contributed by atoms with Gasteiger partial charge in [-0.3, -0.25) is 9.36 Å². The predicted molar refractivity (Wildman–Crippen MR) is 125 cm³/mol. The second-order valence-corrected chi connectivity index (χ2v) is 7.20. The maximum absolute atomic E-state index is 14.5. The standard InChI is InChI=1S/C23H19F3N4O.C2H6/c1-29(12-15-9-6-10-16(19(15)24)20(25)26)21-18-11-17(14-7-4-3-5-8-14)23(31)30(2)22(18)28-13-27-21;1-2/h3-11,13,20H,12H2,1-2H3;1-2H3. The maximum Gasteiger partial charge on any atom is 0.266 e. The quantitative estimate of drug-likeness (QED) is 0.386. The zero-order valence-electron chi connectivity index (χ0n) is 18.9. The number of alkyl halides is 2. The van der Waals surface area contributed by atoms with Crippen molar-refractivity contribution in [3.8, 4) is 11.1 Å². The number of nitrogens with zero attached hydrogens (tertiary/aromatic N) is 4. The molecule has 0 radical (unpaired) electrons. The van der Waals surface area contributed by atoms with Crippen molar-refractivity contribution in [1.82, 2.24) is 14.5 Å². The van der Waals surface area contributed by atoms with Crippen LogP contribution in [0.5, 0.6) is 0 Å². The average molecular weight is 454 g/mol. The molecule has 8 heteroatoms. The van der Waals surface area contributed by atoms with Gasteiger partial charge in [0.2, 0.25) is 0 Å². The van der Waals surface area contributed by atoms with Crippen LogP contribution in [0.1, 0.15) is 31.4 Å². The fourth-order valence-corrected chi connectivity index (χ4v) is 3.61. The number of aromatic nitrogens is 3. The van der Waals surface area contributed by atoms with Gasteiger partial charge in [0.15, 0.2) is 0 Å². The van der Waals surface area contributed by atoms with Gasteiger partial charge in [0.1, 0.15) is 23.6 Å². The molecule has 0 atom stereocenters. The van der Waals surface area contributed by atoms with E-state index in [1.54, 1.807) is 25.1 Å². The third kappa shape index (κ3) is 4.74. The first-order valence-electron chi connectivity index (χ1n) is 10.5. The van der Waals surface area contributed by atoms with Gasteiger partial charge >= 0.3 is 0 Å². The van der Waals surface area contributed by atoms with E-state index in [-0.39, 0.29) is 17.7 Å². The lowest BCUT2D eigenvalue weighted by atomic mass is 10.1. The van der Waals surface area contributed by atoms with Gasteiger partial charge in [0.25, 0.3) is 12.0 Å². The van der Waals surface area contributed by atoms with E-state index in [2.05, 4.69) is 9.97 Å². The second kappa shape index (κ2) is 10.3. The van der Waals surface area contributed by atoms with Crippen molar-refractivity contribution >= 4 is 16.9 Å². The summed E-state index contributed by atoms with van der Waals surface area (Å²) in [6.07, 6.45) is -1.57. The van der Waals surface area contributed by atoms with E-state index in [1.807, 2.05) is 44.2 Å². The van der Waals surface area contributed by atoms with Gasteiger partial charge in [-0.2, -0.15) is 0 Å². The Balaban J connectivity index is 0.00000149. The molecule has 0 saturated carbocycles. The van der Waals surface area contributed by atoms with Crippen molar-refractivity contribution < 1.29 is 13.2 Å². The Kier molecular flexibility index (Phi) is 7.48. The van der Waals surface area contributed by atoms with E-state index in [4.69, 9.17) is 0 Å². The summed E-state index contributed by atoms with van der Waals surface area (Å²) in [5.74, 6) is -0.472. The molecule has 0 fully saturated rings. The molecule has 0 amide bonds.